The number of phenols is 5. The zero-order valence-corrected chi connectivity index (χ0v) is 24.3. The summed E-state index contributed by atoms with van der Waals surface area (Å²) in [5.41, 5.74) is 12.0. The summed E-state index contributed by atoms with van der Waals surface area (Å²) in [4.78, 5) is 0. The summed E-state index contributed by atoms with van der Waals surface area (Å²) in [6.07, 6.45) is 5.45. The monoisotopic (exact) mass is 591 g/mol. The van der Waals surface area contributed by atoms with Crippen molar-refractivity contribution >= 4 is 37.9 Å². The van der Waals surface area contributed by atoms with Gasteiger partial charge in [-0.25, -0.2) is 0 Å². The highest BCUT2D eigenvalue weighted by Gasteiger charge is 2.24. The molecule has 0 aromatic heterocycles. The third-order valence-corrected chi connectivity index (χ3v) is 8.62. The number of benzene rings is 7. The molecule has 0 spiro atoms. The van der Waals surface area contributed by atoms with Crippen molar-refractivity contribution in [2.24, 2.45) is 5.73 Å². The normalized spacial score (nSPS) is 12.2. The molecule has 0 saturated carbocycles. The SMILES string of the molecule is C/C=C(\C=C/N)c1ccc(-c2cc(-c3ccc(-c4c(O)c(O)c(O)c(O)c4O)cc3)c3ccc4cccc5ccc2c3c54)cc1. The Balaban J connectivity index is 1.45. The highest BCUT2D eigenvalue weighted by atomic mass is 16.4. The van der Waals surface area contributed by atoms with Crippen molar-refractivity contribution in [1.82, 2.24) is 0 Å². The fourth-order valence-corrected chi connectivity index (χ4v) is 6.39. The van der Waals surface area contributed by atoms with Gasteiger partial charge in [0.05, 0.1) is 5.56 Å². The average Bonchev–Trinajstić information content (AvgIpc) is 3.08. The molecular formula is C39H29NO5. The molecule has 0 atom stereocenters. The number of nitrogens with two attached hydrogens (primary N) is 1. The van der Waals surface area contributed by atoms with Gasteiger partial charge in [-0.1, -0.05) is 97.1 Å². The van der Waals surface area contributed by atoms with E-state index in [-0.39, 0.29) is 5.56 Å². The van der Waals surface area contributed by atoms with Crippen molar-refractivity contribution in [2.45, 2.75) is 6.92 Å². The van der Waals surface area contributed by atoms with Gasteiger partial charge >= 0.3 is 0 Å². The maximum Gasteiger partial charge on any atom is 0.208 e. The van der Waals surface area contributed by atoms with Crippen molar-refractivity contribution < 1.29 is 25.5 Å². The molecule has 7 N–H and O–H groups in total. The summed E-state index contributed by atoms with van der Waals surface area (Å²) >= 11 is 0. The third kappa shape index (κ3) is 4.26. The van der Waals surface area contributed by atoms with E-state index in [9.17, 15) is 25.5 Å². The summed E-state index contributed by atoms with van der Waals surface area (Å²) in [5.74, 6) is -4.27. The van der Waals surface area contributed by atoms with Gasteiger partial charge in [0.1, 0.15) is 0 Å². The molecule has 6 heteroatoms. The lowest BCUT2D eigenvalue weighted by molar-refractivity contribution is 0.330. The molecule has 0 aliphatic rings. The van der Waals surface area contributed by atoms with Gasteiger partial charge in [0.2, 0.25) is 17.2 Å². The minimum absolute atomic E-state index is 0.185. The maximum atomic E-state index is 10.5. The maximum absolute atomic E-state index is 10.5. The largest absolute Gasteiger partial charge is 0.504 e. The number of hydrogen-bond donors (Lipinski definition) is 6. The molecule has 0 radical (unpaired) electrons. The molecule has 0 heterocycles. The van der Waals surface area contributed by atoms with E-state index in [4.69, 9.17) is 5.73 Å². The Hall–Kier alpha value is -6.14. The molecule has 220 valence electrons. The molecule has 0 amide bonds. The van der Waals surface area contributed by atoms with E-state index in [0.717, 1.165) is 60.3 Å². The van der Waals surface area contributed by atoms with Crippen LogP contribution in [0.15, 0.2) is 115 Å². The van der Waals surface area contributed by atoms with Crippen LogP contribution in [0.1, 0.15) is 12.5 Å². The van der Waals surface area contributed by atoms with Gasteiger partial charge < -0.3 is 31.3 Å². The van der Waals surface area contributed by atoms with Gasteiger partial charge in [0.25, 0.3) is 0 Å². The van der Waals surface area contributed by atoms with Gasteiger partial charge in [-0.2, -0.15) is 0 Å². The van der Waals surface area contributed by atoms with Crippen LogP contribution in [0.3, 0.4) is 0 Å². The van der Waals surface area contributed by atoms with E-state index < -0.39 is 28.7 Å². The Bertz CT molecular complexity index is 2270. The van der Waals surface area contributed by atoms with Gasteiger partial charge in [0.15, 0.2) is 11.5 Å². The molecule has 6 nitrogen and oxygen atoms in total. The second-order valence-corrected chi connectivity index (χ2v) is 11.0. The Morgan fingerprint density at radius 1 is 0.556 bits per heavy atom. The first-order valence-electron chi connectivity index (χ1n) is 14.5. The lowest BCUT2D eigenvalue weighted by Crippen LogP contribution is -1.92. The second-order valence-electron chi connectivity index (χ2n) is 11.0. The number of phenolic OH excluding ortho intramolecular Hbond substituents is 5. The summed E-state index contributed by atoms with van der Waals surface area (Å²) in [6, 6.07) is 32.7. The van der Waals surface area contributed by atoms with Crippen LogP contribution in [0.2, 0.25) is 0 Å². The molecule has 0 aliphatic carbocycles. The Morgan fingerprint density at radius 3 is 1.56 bits per heavy atom. The number of hydrogen-bond acceptors (Lipinski definition) is 6. The van der Waals surface area contributed by atoms with E-state index >= 15 is 0 Å². The second kappa shape index (κ2) is 10.5. The highest BCUT2D eigenvalue weighted by molar-refractivity contribution is 6.28. The van der Waals surface area contributed by atoms with Crippen LogP contribution < -0.4 is 5.73 Å². The van der Waals surface area contributed by atoms with E-state index in [1.54, 1.807) is 12.1 Å². The van der Waals surface area contributed by atoms with Crippen molar-refractivity contribution in [1.29, 1.82) is 0 Å². The Labute approximate surface area is 258 Å². The predicted octanol–water partition coefficient (Wildman–Crippen LogP) is 8.99. The minimum Gasteiger partial charge on any atom is -0.504 e. The van der Waals surface area contributed by atoms with Crippen molar-refractivity contribution in [2.75, 3.05) is 0 Å². The van der Waals surface area contributed by atoms with Crippen LogP contribution in [0, 0.1) is 0 Å². The number of aromatic hydroxyl groups is 5. The first kappa shape index (κ1) is 27.7. The van der Waals surface area contributed by atoms with E-state index in [2.05, 4.69) is 72.8 Å². The molecule has 7 aromatic rings. The topological polar surface area (TPSA) is 127 Å². The van der Waals surface area contributed by atoms with Crippen LogP contribution in [0.5, 0.6) is 28.7 Å². The molecule has 0 bridgehead atoms. The first-order valence-corrected chi connectivity index (χ1v) is 14.5. The van der Waals surface area contributed by atoms with Crippen LogP contribution in [0.4, 0.5) is 0 Å². The molecule has 7 rings (SSSR count). The minimum atomic E-state index is -0.989. The van der Waals surface area contributed by atoms with E-state index in [1.165, 1.54) is 11.6 Å². The first-order chi connectivity index (χ1) is 21.8. The fraction of sp³-hybridized carbons (Fsp3) is 0.0256. The average molecular weight is 592 g/mol. The quantitative estimate of drug-likeness (QED) is 0.0513. The fourth-order valence-electron chi connectivity index (χ4n) is 6.39. The molecule has 0 fully saturated rings. The van der Waals surface area contributed by atoms with Crippen LogP contribution >= 0.6 is 0 Å². The summed E-state index contributed by atoms with van der Waals surface area (Å²) < 4.78 is 0. The molecule has 0 unspecified atom stereocenters. The molecular weight excluding hydrogens is 562 g/mol. The van der Waals surface area contributed by atoms with Gasteiger partial charge in [-0.3, -0.25) is 0 Å². The third-order valence-electron chi connectivity index (χ3n) is 8.62. The summed E-state index contributed by atoms with van der Waals surface area (Å²) in [7, 11) is 0. The van der Waals surface area contributed by atoms with Crippen molar-refractivity contribution in [3.8, 4) is 62.1 Å². The van der Waals surface area contributed by atoms with E-state index in [1.807, 2.05) is 31.2 Å². The van der Waals surface area contributed by atoms with Gasteiger partial charge in [0, 0.05) is 0 Å². The Morgan fingerprint density at radius 2 is 1.04 bits per heavy atom. The zero-order chi connectivity index (χ0) is 31.4. The van der Waals surface area contributed by atoms with Gasteiger partial charge in [-0.05, 0) is 96.5 Å². The summed E-state index contributed by atoms with van der Waals surface area (Å²) in [6.45, 7) is 1.98. The summed E-state index contributed by atoms with van der Waals surface area (Å²) in [5, 5.41) is 57.9. The van der Waals surface area contributed by atoms with Crippen LogP contribution in [-0.4, -0.2) is 25.5 Å². The van der Waals surface area contributed by atoms with E-state index in [0.29, 0.717) is 5.56 Å². The highest BCUT2D eigenvalue weighted by Crippen LogP contribution is 2.55. The number of allylic oxidation sites excluding steroid dienone is 3. The van der Waals surface area contributed by atoms with Crippen molar-refractivity contribution in [3.05, 3.63) is 121 Å². The van der Waals surface area contributed by atoms with Gasteiger partial charge in [-0.15, -0.1) is 0 Å². The molecule has 45 heavy (non-hydrogen) atoms. The van der Waals surface area contributed by atoms with Crippen LogP contribution in [-0.2, 0) is 0 Å². The zero-order valence-electron chi connectivity index (χ0n) is 24.3. The predicted molar refractivity (Wildman–Crippen MR) is 182 cm³/mol. The standard InChI is InChI=1S/C39H29NO5/c1-2-21(18-19-40)22-6-8-23(9-7-22)30-20-31(29-17-15-26-5-3-4-25-14-16-28(30)34(29)32(25)26)24-10-12-27(13-11-24)33-35(41)37(43)39(45)38(44)36(33)42/h2-20,41-45H,40H2,1H3/b19-18-,21-2+. The number of rotatable bonds is 5. The van der Waals surface area contributed by atoms with Crippen molar-refractivity contribution in [3.63, 3.8) is 0 Å². The lowest BCUT2D eigenvalue weighted by atomic mass is 9.85. The smallest absolute Gasteiger partial charge is 0.208 e. The molecule has 7 aromatic carbocycles. The Kier molecular flexibility index (Phi) is 6.48. The molecule has 0 saturated heterocycles. The lowest BCUT2D eigenvalue weighted by Gasteiger charge is -2.18. The van der Waals surface area contributed by atoms with Crippen LogP contribution in [0.25, 0.3) is 71.3 Å². The molecule has 0 aliphatic heterocycles.